The quantitative estimate of drug-likeness (QED) is 0.870. The van der Waals surface area contributed by atoms with E-state index in [1.54, 1.807) is 0 Å². The molecule has 1 aromatic carbocycles. The van der Waals surface area contributed by atoms with Crippen LogP contribution in [0.25, 0.3) is 0 Å². The number of rotatable bonds is 6. The van der Waals surface area contributed by atoms with Crippen molar-refractivity contribution in [3.05, 3.63) is 34.9 Å². The summed E-state index contributed by atoms with van der Waals surface area (Å²) < 4.78 is 5.77. The van der Waals surface area contributed by atoms with Crippen molar-refractivity contribution in [1.82, 2.24) is 10.2 Å². The SMILES string of the molecule is CCC1COC(C)CN1CCC(NC)c1cccc(Cl)c1. The zero-order valence-corrected chi connectivity index (χ0v) is 14.1. The van der Waals surface area contributed by atoms with Crippen LogP contribution in [0.3, 0.4) is 0 Å². The standard InChI is InChI=1S/C17H27ClN2O/c1-4-16-12-21-13(2)11-20(16)9-8-17(19-3)14-6-5-7-15(18)10-14/h5-7,10,13,16-17,19H,4,8-9,11-12H2,1-3H3. The van der Waals surface area contributed by atoms with Crippen molar-refractivity contribution in [1.29, 1.82) is 0 Å². The number of halogens is 1. The second-order valence-electron chi connectivity index (χ2n) is 5.89. The summed E-state index contributed by atoms with van der Waals surface area (Å²) in [7, 11) is 2.02. The molecule has 1 aliphatic heterocycles. The summed E-state index contributed by atoms with van der Waals surface area (Å²) in [6.07, 6.45) is 2.57. The van der Waals surface area contributed by atoms with Gasteiger partial charge in [0.25, 0.3) is 0 Å². The van der Waals surface area contributed by atoms with E-state index < -0.39 is 0 Å². The minimum absolute atomic E-state index is 0.340. The molecule has 1 aromatic rings. The van der Waals surface area contributed by atoms with Crippen molar-refractivity contribution in [2.75, 3.05) is 26.7 Å². The molecule has 0 radical (unpaired) electrons. The number of hydrogen-bond acceptors (Lipinski definition) is 3. The Morgan fingerprint density at radius 2 is 2.29 bits per heavy atom. The van der Waals surface area contributed by atoms with E-state index in [1.165, 1.54) is 5.56 Å². The first-order valence-corrected chi connectivity index (χ1v) is 8.30. The van der Waals surface area contributed by atoms with Crippen molar-refractivity contribution >= 4 is 11.6 Å². The highest BCUT2D eigenvalue weighted by atomic mass is 35.5. The molecule has 1 fully saturated rings. The molecule has 0 bridgehead atoms. The average molecular weight is 311 g/mol. The Balaban J connectivity index is 1.95. The molecule has 3 atom stereocenters. The van der Waals surface area contributed by atoms with Crippen molar-refractivity contribution in [3.63, 3.8) is 0 Å². The average Bonchev–Trinajstić information content (AvgIpc) is 2.48. The van der Waals surface area contributed by atoms with E-state index in [1.807, 2.05) is 19.2 Å². The molecule has 1 N–H and O–H groups in total. The molecule has 4 heteroatoms. The first kappa shape index (κ1) is 16.8. The van der Waals surface area contributed by atoms with Gasteiger partial charge in [0.15, 0.2) is 0 Å². The van der Waals surface area contributed by atoms with Crippen LogP contribution in [-0.4, -0.2) is 43.8 Å². The van der Waals surface area contributed by atoms with E-state index in [-0.39, 0.29) is 0 Å². The van der Waals surface area contributed by atoms with Crippen molar-refractivity contribution in [2.45, 2.75) is 44.9 Å². The molecule has 0 amide bonds. The first-order chi connectivity index (χ1) is 10.1. The second-order valence-corrected chi connectivity index (χ2v) is 6.32. The Bertz CT molecular complexity index is 441. The second kappa shape index (κ2) is 8.14. The van der Waals surface area contributed by atoms with Crippen molar-refractivity contribution in [2.24, 2.45) is 0 Å². The van der Waals surface area contributed by atoms with E-state index in [2.05, 4.69) is 36.2 Å². The third kappa shape index (κ3) is 4.68. The van der Waals surface area contributed by atoms with Crippen LogP contribution in [0.1, 0.15) is 38.3 Å². The molecule has 2 rings (SSSR count). The summed E-state index contributed by atoms with van der Waals surface area (Å²) in [5.74, 6) is 0. The molecule has 0 aliphatic carbocycles. The molecular weight excluding hydrogens is 284 g/mol. The van der Waals surface area contributed by atoms with Gasteiger partial charge in [-0.05, 0) is 44.5 Å². The summed E-state index contributed by atoms with van der Waals surface area (Å²) in [6.45, 7) is 7.38. The lowest BCUT2D eigenvalue weighted by molar-refractivity contribution is -0.0566. The lowest BCUT2D eigenvalue weighted by Crippen LogP contribution is -2.49. The summed E-state index contributed by atoms with van der Waals surface area (Å²) in [5.41, 5.74) is 1.26. The van der Waals surface area contributed by atoms with Crippen LogP contribution in [0.15, 0.2) is 24.3 Å². The highest BCUT2D eigenvalue weighted by molar-refractivity contribution is 6.30. The van der Waals surface area contributed by atoms with Crippen LogP contribution in [0.2, 0.25) is 5.02 Å². The van der Waals surface area contributed by atoms with Crippen molar-refractivity contribution in [3.8, 4) is 0 Å². The number of hydrogen-bond donors (Lipinski definition) is 1. The monoisotopic (exact) mass is 310 g/mol. The Labute approximate surface area is 133 Å². The van der Waals surface area contributed by atoms with Crippen LogP contribution >= 0.6 is 11.6 Å². The van der Waals surface area contributed by atoms with Crippen LogP contribution in [0.4, 0.5) is 0 Å². The minimum Gasteiger partial charge on any atom is -0.376 e. The summed E-state index contributed by atoms with van der Waals surface area (Å²) in [6, 6.07) is 9.05. The van der Waals surface area contributed by atoms with Gasteiger partial charge in [-0.3, -0.25) is 4.90 Å². The zero-order chi connectivity index (χ0) is 15.2. The van der Waals surface area contributed by atoms with Crippen LogP contribution < -0.4 is 5.32 Å². The van der Waals surface area contributed by atoms with Gasteiger partial charge < -0.3 is 10.1 Å². The molecular formula is C17H27ClN2O. The molecule has 118 valence electrons. The van der Waals surface area contributed by atoms with Crippen LogP contribution in [-0.2, 0) is 4.74 Å². The van der Waals surface area contributed by atoms with E-state index in [4.69, 9.17) is 16.3 Å². The number of morpholine rings is 1. The molecule has 1 saturated heterocycles. The highest BCUT2D eigenvalue weighted by Crippen LogP contribution is 2.22. The minimum atomic E-state index is 0.340. The van der Waals surface area contributed by atoms with E-state index in [0.29, 0.717) is 18.2 Å². The van der Waals surface area contributed by atoms with Gasteiger partial charge in [-0.2, -0.15) is 0 Å². The van der Waals surface area contributed by atoms with Gasteiger partial charge in [0.2, 0.25) is 0 Å². The molecule has 0 spiro atoms. The van der Waals surface area contributed by atoms with Gasteiger partial charge in [0.1, 0.15) is 0 Å². The Kier molecular flexibility index (Phi) is 6.49. The molecule has 1 heterocycles. The molecule has 1 aliphatic rings. The number of ether oxygens (including phenoxy) is 1. The third-order valence-electron chi connectivity index (χ3n) is 4.36. The predicted octanol–water partition coefficient (Wildman–Crippen LogP) is 3.49. The van der Waals surface area contributed by atoms with Gasteiger partial charge in [-0.25, -0.2) is 0 Å². The normalized spacial score (nSPS) is 25.0. The van der Waals surface area contributed by atoms with E-state index >= 15 is 0 Å². The number of nitrogens with one attached hydrogen (secondary N) is 1. The number of benzene rings is 1. The van der Waals surface area contributed by atoms with Crippen molar-refractivity contribution < 1.29 is 4.74 Å². The van der Waals surface area contributed by atoms with Crippen LogP contribution in [0.5, 0.6) is 0 Å². The van der Waals surface area contributed by atoms with Gasteiger partial charge in [0, 0.05) is 30.2 Å². The maximum absolute atomic E-state index is 6.10. The Morgan fingerprint density at radius 3 is 2.95 bits per heavy atom. The molecule has 0 aromatic heterocycles. The fourth-order valence-corrected chi connectivity index (χ4v) is 3.26. The fourth-order valence-electron chi connectivity index (χ4n) is 3.06. The topological polar surface area (TPSA) is 24.5 Å². The molecule has 3 unspecified atom stereocenters. The smallest absolute Gasteiger partial charge is 0.0674 e. The Hall–Kier alpha value is -0.610. The molecule has 3 nitrogen and oxygen atoms in total. The van der Waals surface area contributed by atoms with Gasteiger partial charge in [-0.15, -0.1) is 0 Å². The maximum atomic E-state index is 6.10. The first-order valence-electron chi connectivity index (χ1n) is 7.92. The fraction of sp³-hybridized carbons (Fsp3) is 0.647. The molecule has 0 saturated carbocycles. The zero-order valence-electron chi connectivity index (χ0n) is 13.3. The van der Waals surface area contributed by atoms with E-state index in [9.17, 15) is 0 Å². The Morgan fingerprint density at radius 1 is 1.48 bits per heavy atom. The highest BCUT2D eigenvalue weighted by Gasteiger charge is 2.25. The number of nitrogens with zero attached hydrogens (tertiary/aromatic N) is 1. The van der Waals surface area contributed by atoms with Gasteiger partial charge in [-0.1, -0.05) is 30.7 Å². The summed E-state index contributed by atoms with van der Waals surface area (Å²) in [4.78, 5) is 2.57. The van der Waals surface area contributed by atoms with Crippen LogP contribution in [0, 0.1) is 0 Å². The lowest BCUT2D eigenvalue weighted by atomic mass is 10.0. The van der Waals surface area contributed by atoms with Gasteiger partial charge >= 0.3 is 0 Å². The predicted molar refractivity (Wildman–Crippen MR) is 88.9 cm³/mol. The van der Waals surface area contributed by atoms with E-state index in [0.717, 1.165) is 37.6 Å². The maximum Gasteiger partial charge on any atom is 0.0674 e. The molecule has 21 heavy (non-hydrogen) atoms. The summed E-state index contributed by atoms with van der Waals surface area (Å²) in [5, 5.41) is 4.22. The lowest BCUT2D eigenvalue weighted by Gasteiger charge is -2.39. The summed E-state index contributed by atoms with van der Waals surface area (Å²) >= 11 is 6.10. The third-order valence-corrected chi connectivity index (χ3v) is 4.59. The van der Waals surface area contributed by atoms with Gasteiger partial charge in [0.05, 0.1) is 12.7 Å². The largest absolute Gasteiger partial charge is 0.376 e.